The summed E-state index contributed by atoms with van der Waals surface area (Å²) in [6.45, 7) is 5.80. The van der Waals surface area contributed by atoms with Crippen LogP contribution in [0.2, 0.25) is 0 Å². The van der Waals surface area contributed by atoms with Crippen LogP contribution >= 0.6 is 0 Å². The molecule has 1 aliphatic heterocycles. The van der Waals surface area contributed by atoms with Gasteiger partial charge in [-0.3, -0.25) is 14.9 Å². The van der Waals surface area contributed by atoms with Crippen LogP contribution in [0.1, 0.15) is 50.4 Å². The van der Waals surface area contributed by atoms with E-state index in [9.17, 15) is 33.2 Å². The van der Waals surface area contributed by atoms with Crippen molar-refractivity contribution in [3.05, 3.63) is 39.9 Å². The first-order chi connectivity index (χ1) is 13.3. The van der Waals surface area contributed by atoms with Crippen molar-refractivity contribution >= 4 is 17.3 Å². The summed E-state index contributed by atoms with van der Waals surface area (Å²) in [4.78, 5) is 22.9. The molecule has 2 aliphatic rings. The number of hydrazone groups is 1. The standard InChI is InChI=1S/C19H22F3N3O4/c1-17(2,3)12-6-9-15-14(10-12)18(27,19(20,21)22)24(23-15)16(26)11-4-7-13(8-5-11)25(28)29/h4-5,7-8,12,14,27H,6,9-10H2,1-3H3/t12-,14-,18-/m1/s1. The van der Waals surface area contributed by atoms with E-state index in [-0.39, 0.29) is 46.1 Å². The molecule has 0 spiro atoms. The van der Waals surface area contributed by atoms with Gasteiger partial charge in [-0.1, -0.05) is 20.8 Å². The third-order valence-electron chi connectivity index (χ3n) is 5.87. The van der Waals surface area contributed by atoms with Crippen LogP contribution in [0.15, 0.2) is 29.4 Å². The van der Waals surface area contributed by atoms with Crippen LogP contribution < -0.4 is 0 Å². The van der Waals surface area contributed by atoms with Crippen molar-refractivity contribution in [1.29, 1.82) is 0 Å². The van der Waals surface area contributed by atoms with Crippen LogP contribution in [-0.2, 0) is 0 Å². The van der Waals surface area contributed by atoms with Gasteiger partial charge in [-0.15, -0.1) is 0 Å². The second-order valence-electron chi connectivity index (χ2n) is 8.63. The number of hydrogen-bond donors (Lipinski definition) is 1. The number of amides is 1. The first kappa shape index (κ1) is 21.2. The van der Waals surface area contributed by atoms with Gasteiger partial charge in [0.25, 0.3) is 17.3 Å². The number of fused-ring (bicyclic) bond motifs is 1. The Morgan fingerprint density at radius 1 is 1.28 bits per heavy atom. The quantitative estimate of drug-likeness (QED) is 0.583. The summed E-state index contributed by atoms with van der Waals surface area (Å²) < 4.78 is 42.1. The minimum atomic E-state index is -5.13. The summed E-state index contributed by atoms with van der Waals surface area (Å²) in [5.74, 6) is -2.58. The number of non-ortho nitro benzene ring substituents is 1. The first-order valence-electron chi connectivity index (χ1n) is 9.22. The fourth-order valence-electron chi connectivity index (χ4n) is 4.06. The number of aliphatic hydroxyl groups is 1. The van der Waals surface area contributed by atoms with Gasteiger partial charge in [0.15, 0.2) is 0 Å². The fraction of sp³-hybridized carbons (Fsp3) is 0.579. The Kier molecular flexibility index (Phi) is 4.97. The lowest BCUT2D eigenvalue weighted by Crippen LogP contribution is -2.62. The minimum Gasteiger partial charge on any atom is -0.362 e. The molecule has 3 atom stereocenters. The second-order valence-corrected chi connectivity index (χ2v) is 8.63. The SMILES string of the molecule is CC(C)(C)[C@@H]1CCC2=NN(C(=O)c3ccc([N+](=O)[O-])cc3)[C@](O)(C(F)(F)F)[C@@H]2C1. The summed E-state index contributed by atoms with van der Waals surface area (Å²) in [7, 11) is 0. The normalized spacial score (nSPS) is 27.4. The molecule has 0 aromatic heterocycles. The number of carbonyl (C=O) groups excluding carboxylic acids is 1. The molecule has 1 aliphatic carbocycles. The lowest BCUT2D eigenvalue weighted by molar-refractivity contribution is -0.384. The molecular formula is C19H22F3N3O4. The molecule has 0 saturated heterocycles. The molecule has 1 heterocycles. The summed E-state index contributed by atoms with van der Waals surface area (Å²) in [6, 6.07) is 4.15. The van der Waals surface area contributed by atoms with E-state index in [0.29, 0.717) is 6.42 Å². The van der Waals surface area contributed by atoms with Crippen molar-refractivity contribution in [1.82, 2.24) is 5.01 Å². The highest BCUT2D eigenvalue weighted by molar-refractivity contribution is 5.99. The van der Waals surface area contributed by atoms with E-state index in [1.807, 2.05) is 20.8 Å². The molecule has 1 N–H and O–H groups in total. The van der Waals surface area contributed by atoms with Crippen LogP contribution in [0.4, 0.5) is 18.9 Å². The molecule has 7 nitrogen and oxygen atoms in total. The number of nitro groups is 1. The number of rotatable bonds is 2. The number of nitrogens with zero attached hydrogens (tertiary/aromatic N) is 3. The van der Waals surface area contributed by atoms with Crippen molar-refractivity contribution in [2.75, 3.05) is 0 Å². The van der Waals surface area contributed by atoms with Crippen LogP contribution in [-0.4, -0.2) is 38.6 Å². The van der Waals surface area contributed by atoms with Crippen molar-refractivity contribution in [3.8, 4) is 0 Å². The van der Waals surface area contributed by atoms with Gasteiger partial charge in [0.2, 0.25) is 0 Å². The van der Waals surface area contributed by atoms with Crippen LogP contribution in [0.25, 0.3) is 0 Å². The number of hydrogen-bond acceptors (Lipinski definition) is 5. The van der Waals surface area contributed by atoms with Gasteiger partial charge >= 0.3 is 6.18 Å². The van der Waals surface area contributed by atoms with E-state index < -0.39 is 28.6 Å². The van der Waals surface area contributed by atoms with Gasteiger partial charge in [0, 0.05) is 23.4 Å². The highest BCUT2D eigenvalue weighted by Gasteiger charge is 2.69. The Labute approximate surface area is 165 Å². The van der Waals surface area contributed by atoms with Gasteiger partial charge in [-0.05, 0) is 42.7 Å². The third kappa shape index (κ3) is 3.50. The zero-order chi connectivity index (χ0) is 21.8. The molecule has 0 radical (unpaired) electrons. The van der Waals surface area contributed by atoms with Gasteiger partial charge in [-0.25, -0.2) is 0 Å². The number of carbonyl (C=O) groups is 1. The topological polar surface area (TPSA) is 96.0 Å². The second kappa shape index (κ2) is 6.79. The van der Waals surface area contributed by atoms with E-state index in [1.165, 1.54) is 0 Å². The Morgan fingerprint density at radius 3 is 2.34 bits per heavy atom. The zero-order valence-corrected chi connectivity index (χ0v) is 16.2. The van der Waals surface area contributed by atoms with E-state index >= 15 is 0 Å². The third-order valence-corrected chi connectivity index (χ3v) is 5.87. The molecular weight excluding hydrogens is 391 g/mol. The van der Waals surface area contributed by atoms with Crippen molar-refractivity contribution < 1.29 is 28.0 Å². The maximum Gasteiger partial charge on any atom is 0.439 e. The number of benzene rings is 1. The average molecular weight is 413 g/mol. The number of alkyl halides is 3. The van der Waals surface area contributed by atoms with Crippen molar-refractivity contribution in [2.45, 2.75) is 51.9 Å². The monoisotopic (exact) mass is 413 g/mol. The van der Waals surface area contributed by atoms with Crippen LogP contribution in [0, 0.1) is 27.4 Å². The van der Waals surface area contributed by atoms with E-state index in [1.54, 1.807) is 0 Å². The lowest BCUT2D eigenvalue weighted by Gasteiger charge is -2.42. The first-order valence-corrected chi connectivity index (χ1v) is 9.22. The van der Waals surface area contributed by atoms with Gasteiger partial charge in [-0.2, -0.15) is 23.3 Å². The highest BCUT2D eigenvalue weighted by atomic mass is 19.4. The average Bonchev–Trinajstić information content (AvgIpc) is 2.94. The molecule has 1 fully saturated rings. The minimum absolute atomic E-state index is 0.0579. The number of halogens is 3. The van der Waals surface area contributed by atoms with Gasteiger partial charge in [0.05, 0.1) is 10.8 Å². The highest BCUT2D eigenvalue weighted by Crippen LogP contribution is 2.52. The molecule has 0 unspecified atom stereocenters. The molecule has 29 heavy (non-hydrogen) atoms. The molecule has 1 amide bonds. The van der Waals surface area contributed by atoms with E-state index in [0.717, 1.165) is 24.3 Å². The smallest absolute Gasteiger partial charge is 0.362 e. The Balaban J connectivity index is 1.99. The Hall–Kier alpha value is -2.49. The molecule has 10 heteroatoms. The molecule has 3 rings (SSSR count). The van der Waals surface area contributed by atoms with Gasteiger partial charge in [0.1, 0.15) is 0 Å². The Bertz CT molecular complexity index is 861. The summed E-state index contributed by atoms with van der Waals surface area (Å²) >= 11 is 0. The summed E-state index contributed by atoms with van der Waals surface area (Å²) in [6.07, 6.45) is -4.19. The maximum atomic E-state index is 14.0. The van der Waals surface area contributed by atoms with E-state index in [2.05, 4.69) is 5.10 Å². The maximum absolute atomic E-state index is 14.0. The molecule has 1 aromatic carbocycles. The molecule has 0 bridgehead atoms. The molecule has 1 saturated carbocycles. The fourth-order valence-corrected chi connectivity index (χ4v) is 4.06. The number of nitro benzene ring substituents is 1. The van der Waals surface area contributed by atoms with E-state index in [4.69, 9.17) is 0 Å². The predicted octanol–water partition coefficient (Wildman–Crippen LogP) is 4.12. The van der Waals surface area contributed by atoms with Crippen LogP contribution in [0.3, 0.4) is 0 Å². The summed E-state index contributed by atoms with van der Waals surface area (Å²) in [5, 5.41) is 25.5. The molecule has 158 valence electrons. The predicted molar refractivity (Wildman–Crippen MR) is 98.0 cm³/mol. The van der Waals surface area contributed by atoms with Crippen molar-refractivity contribution in [3.63, 3.8) is 0 Å². The van der Waals surface area contributed by atoms with Crippen LogP contribution in [0.5, 0.6) is 0 Å². The lowest BCUT2D eigenvalue weighted by atomic mass is 9.66. The Morgan fingerprint density at radius 2 is 1.86 bits per heavy atom. The molecule has 1 aromatic rings. The largest absolute Gasteiger partial charge is 0.439 e. The van der Waals surface area contributed by atoms with Gasteiger partial charge < -0.3 is 5.11 Å². The summed E-state index contributed by atoms with van der Waals surface area (Å²) in [5.41, 5.74) is -4.09. The van der Waals surface area contributed by atoms with Crippen molar-refractivity contribution in [2.24, 2.45) is 22.4 Å². The zero-order valence-electron chi connectivity index (χ0n) is 16.2.